The average Bonchev–Trinajstić information content (AvgIpc) is 2.57. The van der Waals surface area contributed by atoms with Crippen LogP contribution in [0.4, 0.5) is 0 Å². The number of thioether (sulfide) groups is 1. The zero-order valence-electron chi connectivity index (χ0n) is 14.7. The van der Waals surface area contributed by atoms with Crippen LogP contribution in [0.5, 0.6) is 0 Å². The maximum Gasteiger partial charge on any atom is 0.328 e. The Kier molecular flexibility index (Phi) is 8.40. The van der Waals surface area contributed by atoms with Crippen LogP contribution in [-0.2, 0) is 24.3 Å². The minimum Gasteiger partial charge on any atom is -0.467 e. The van der Waals surface area contributed by atoms with Gasteiger partial charge in [-0.15, -0.1) is 0 Å². The van der Waals surface area contributed by atoms with Crippen molar-refractivity contribution in [1.29, 1.82) is 0 Å². The zero-order valence-corrected chi connectivity index (χ0v) is 16.4. The van der Waals surface area contributed by atoms with Crippen LogP contribution in [0, 0.1) is 6.92 Å². The molecule has 0 aliphatic heterocycles. The van der Waals surface area contributed by atoms with Crippen molar-refractivity contribution in [3.05, 3.63) is 29.8 Å². The number of methoxy groups -OCH3 is 1. The Bertz CT molecular complexity index is 689. The minimum atomic E-state index is -3.85. The second kappa shape index (κ2) is 9.79. The van der Waals surface area contributed by atoms with Crippen LogP contribution in [0.2, 0.25) is 0 Å². The summed E-state index contributed by atoms with van der Waals surface area (Å²) >= 11 is 1.49. The summed E-state index contributed by atoms with van der Waals surface area (Å²) in [6, 6.07) is 4.50. The zero-order chi connectivity index (χ0) is 19.0. The Morgan fingerprint density at radius 2 is 1.84 bits per heavy atom. The molecule has 0 aliphatic rings. The van der Waals surface area contributed by atoms with Gasteiger partial charge in [0.15, 0.2) is 0 Å². The Hall–Kier alpha value is -1.58. The van der Waals surface area contributed by atoms with Crippen LogP contribution in [0.15, 0.2) is 29.2 Å². The highest BCUT2D eigenvalue weighted by molar-refractivity contribution is 7.98. The molecule has 0 aliphatic carbocycles. The summed E-state index contributed by atoms with van der Waals surface area (Å²) < 4.78 is 32.0. The summed E-state index contributed by atoms with van der Waals surface area (Å²) in [5.74, 6) is -0.581. The number of hydrogen-bond acceptors (Lipinski definition) is 6. The third-order valence-electron chi connectivity index (χ3n) is 3.47. The van der Waals surface area contributed by atoms with Crippen LogP contribution in [-0.4, -0.2) is 51.5 Å². The van der Waals surface area contributed by atoms with Crippen LogP contribution >= 0.6 is 11.8 Å². The van der Waals surface area contributed by atoms with Gasteiger partial charge in [-0.3, -0.25) is 4.79 Å². The number of nitrogens with one attached hydrogen (secondary N) is 2. The first-order valence-electron chi connectivity index (χ1n) is 7.67. The van der Waals surface area contributed by atoms with E-state index >= 15 is 0 Å². The molecule has 1 amide bonds. The molecule has 7 nitrogen and oxygen atoms in total. The van der Waals surface area contributed by atoms with Gasteiger partial charge < -0.3 is 10.1 Å². The molecule has 1 aromatic carbocycles. The quantitative estimate of drug-likeness (QED) is 0.614. The van der Waals surface area contributed by atoms with E-state index in [4.69, 9.17) is 0 Å². The van der Waals surface area contributed by atoms with Gasteiger partial charge in [-0.1, -0.05) is 17.7 Å². The number of carbonyl (C=O) groups excluding carboxylic acids is 2. The largest absolute Gasteiger partial charge is 0.467 e. The molecule has 0 aromatic heterocycles. The monoisotopic (exact) mass is 388 g/mol. The number of sulfonamides is 1. The number of amides is 1. The highest BCUT2D eigenvalue weighted by Crippen LogP contribution is 2.12. The van der Waals surface area contributed by atoms with Gasteiger partial charge >= 0.3 is 5.97 Å². The third kappa shape index (κ3) is 6.68. The summed E-state index contributed by atoms with van der Waals surface area (Å²) in [6.07, 6.45) is 2.16. The number of esters is 1. The van der Waals surface area contributed by atoms with Crippen LogP contribution in [0.25, 0.3) is 0 Å². The van der Waals surface area contributed by atoms with Crippen molar-refractivity contribution in [3.63, 3.8) is 0 Å². The lowest BCUT2D eigenvalue weighted by Crippen LogP contribution is -2.51. The molecule has 1 rings (SSSR count). The number of hydrogen-bond donors (Lipinski definition) is 2. The fraction of sp³-hybridized carbons (Fsp3) is 0.500. The topological polar surface area (TPSA) is 102 Å². The molecule has 140 valence electrons. The predicted molar refractivity (Wildman–Crippen MR) is 97.9 cm³/mol. The molecule has 1 aromatic rings. The minimum absolute atomic E-state index is 0.0843. The normalized spacial score (nSPS) is 13.8. The number of aryl methyl sites for hydroxylation is 1. The molecule has 0 fully saturated rings. The van der Waals surface area contributed by atoms with Crippen molar-refractivity contribution in [1.82, 2.24) is 10.0 Å². The van der Waals surface area contributed by atoms with Gasteiger partial charge in [0.2, 0.25) is 15.9 Å². The second-order valence-corrected chi connectivity index (χ2v) is 8.22. The fourth-order valence-corrected chi connectivity index (χ4v) is 3.70. The Labute approximate surface area is 153 Å². The molecule has 0 saturated heterocycles. The van der Waals surface area contributed by atoms with Gasteiger partial charge in [-0.05, 0) is 44.4 Å². The maximum atomic E-state index is 12.5. The smallest absolute Gasteiger partial charge is 0.328 e. The molecule has 0 saturated carbocycles. The van der Waals surface area contributed by atoms with E-state index in [0.29, 0.717) is 12.2 Å². The molecule has 2 atom stereocenters. The molecule has 25 heavy (non-hydrogen) atoms. The van der Waals surface area contributed by atoms with Gasteiger partial charge in [0.1, 0.15) is 12.1 Å². The molecule has 0 bridgehead atoms. The number of carbonyl (C=O) groups is 2. The van der Waals surface area contributed by atoms with Crippen molar-refractivity contribution in [2.45, 2.75) is 37.2 Å². The average molecular weight is 389 g/mol. The Balaban J connectivity index is 2.92. The van der Waals surface area contributed by atoms with Gasteiger partial charge in [0.25, 0.3) is 0 Å². The van der Waals surface area contributed by atoms with Crippen LogP contribution in [0.1, 0.15) is 18.9 Å². The summed E-state index contributed by atoms with van der Waals surface area (Å²) in [7, 11) is -2.63. The molecule has 9 heteroatoms. The van der Waals surface area contributed by atoms with E-state index in [0.717, 1.165) is 5.56 Å². The van der Waals surface area contributed by atoms with E-state index in [-0.39, 0.29) is 4.90 Å². The SMILES string of the molecule is COC(=O)[C@@H](C)NC(=O)[C@@H](CCSC)NS(=O)(=O)c1ccc(C)cc1. The molecular formula is C16H24N2O5S2. The van der Waals surface area contributed by atoms with Gasteiger partial charge in [0.05, 0.1) is 12.0 Å². The highest BCUT2D eigenvalue weighted by Gasteiger charge is 2.27. The van der Waals surface area contributed by atoms with Gasteiger partial charge in [-0.2, -0.15) is 16.5 Å². The highest BCUT2D eigenvalue weighted by atomic mass is 32.2. The lowest BCUT2D eigenvalue weighted by Gasteiger charge is -2.20. The third-order valence-corrected chi connectivity index (χ3v) is 5.60. The second-order valence-electron chi connectivity index (χ2n) is 5.52. The molecular weight excluding hydrogens is 364 g/mol. The Morgan fingerprint density at radius 3 is 2.36 bits per heavy atom. The maximum absolute atomic E-state index is 12.5. The molecule has 0 spiro atoms. The first-order chi connectivity index (χ1) is 11.7. The molecule has 2 N–H and O–H groups in total. The Morgan fingerprint density at radius 1 is 1.24 bits per heavy atom. The lowest BCUT2D eigenvalue weighted by molar-refractivity contribution is -0.144. The van der Waals surface area contributed by atoms with E-state index in [1.165, 1.54) is 37.9 Å². The van der Waals surface area contributed by atoms with Crippen LogP contribution < -0.4 is 10.0 Å². The van der Waals surface area contributed by atoms with Crippen molar-refractivity contribution >= 4 is 33.7 Å². The number of ether oxygens (including phenoxy) is 1. The first kappa shape index (κ1) is 21.5. The lowest BCUT2D eigenvalue weighted by atomic mass is 10.2. The summed E-state index contributed by atoms with van der Waals surface area (Å²) in [5, 5.41) is 2.47. The van der Waals surface area contributed by atoms with E-state index in [2.05, 4.69) is 14.8 Å². The van der Waals surface area contributed by atoms with E-state index in [1.807, 2.05) is 13.2 Å². The predicted octanol–water partition coefficient (Wildman–Crippen LogP) is 1.07. The summed E-state index contributed by atoms with van der Waals surface area (Å²) in [6.45, 7) is 3.33. The van der Waals surface area contributed by atoms with Crippen molar-refractivity contribution in [2.75, 3.05) is 19.1 Å². The van der Waals surface area contributed by atoms with Crippen LogP contribution in [0.3, 0.4) is 0 Å². The van der Waals surface area contributed by atoms with Crippen molar-refractivity contribution in [3.8, 4) is 0 Å². The van der Waals surface area contributed by atoms with Crippen molar-refractivity contribution in [2.24, 2.45) is 0 Å². The molecule has 0 radical (unpaired) electrons. The number of rotatable bonds is 9. The van der Waals surface area contributed by atoms with Crippen molar-refractivity contribution < 1.29 is 22.7 Å². The van der Waals surface area contributed by atoms with Gasteiger partial charge in [0, 0.05) is 0 Å². The number of benzene rings is 1. The van der Waals surface area contributed by atoms with E-state index in [1.54, 1.807) is 12.1 Å². The first-order valence-corrected chi connectivity index (χ1v) is 10.5. The van der Waals surface area contributed by atoms with E-state index in [9.17, 15) is 18.0 Å². The van der Waals surface area contributed by atoms with Gasteiger partial charge in [-0.25, -0.2) is 13.2 Å². The fourth-order valence-electron chi connectivity index (χ4n) is 2.00. The van der Waals surface area contributed by atoms with E-state index < -0.39 is 34.0 Å². The molecule has 0 unspecified atom stereocenters. The molecule has 0 heterocycles. The summed E-state index contributed by atoms with van der Waals surface area (Å²) in [5.41, 5.74) is 0.933. The summed E-state index contributed by atoms with van der Waals surface area (Å²) in [4.78, 5) is 23.9. The standard InChI is InChI=1S/C16H24N2O5S2/c1-11-5-7-13(8-6-11)25(21,22)18-14(9-10-24-4)15(19)17-12(2)16(20)23-3/h5-8,12,14,18H,9-10H2,1-4H3,(H,17,19)/t12-,14-/m1/s1.